The average molecular weight is 405 g/mol. The normalized spacial score (nSPS) is 18.0. The fraction of sp³-hybridized carbons (Fsp3) is 0.143. The summed E-state index contributed by atoms with van der Waals surface area (Å²) in [6.45, 7) is 1.74. The van der Waals surface area contributed by atoms with E-state index in [4.69, 9.17) is 0 Å². The van der Waals surface area contributed by atoms with Gasteiger partial charge in [-0.2, -0.15) is 0 Å². The van der Waals surface area contributed by atoms with E-state index in [-0.39, 0.29) is 6.54 Å². The van der Waals surface area contributed by atoms with Crippen LogP contribution in [0.4, 0.5) is 10.5 Å². The standard InChI is InChI=1S/C21H19N5O4/c1-21(19(29)25-20(30)26-21)14-7-5-12(6-8-14)11-23-17(27)18(28)24-15-4-2-3-13-9-10-22-16(13)15/h2-10,22H,11H2,1H3,(H,23,27)(H,24,28)(H2,25,26,29,30). The zero-order valence-electron chi connectivity index (χ0n) is 16.0. The van der Waals surface area contributed by atoms with E-state index in [0.29, 0.717) is 11.3 Å². The molecule has 0 radical (unpaired) electrons. The third kappa shape index (κ3) is 3.48. The molecule has 2 aromatic carbocycles. The number of hydrogen-bond acceptors (Lipinski definition) is 4. The van der Waals surface area contributed by atoms with E-state index in [1.165, 1.54) is 0 Å². The van der Waals surface area contributed by atoms with E-state index >= 15 is 0 Å². The number of benzene rings is 2. The lowest BCUT2D eigenvalue weighted by atomic mass is 9.91. The lowest BCUT2D eigenvalue weighted by molar-refractivity contribution is -0.136. The molecule has 0 spiro atoms. The van der Waals surface area contributed by atoms with Crippen LogP contribution in [-0.4, -0.2) is 28.7 Å². The van der Waals surface area contributed by atoms with Gasteiger partial charge in [-0.05, 0) is 30.2 Å². The number of imide groups is 1. The van der Waals surface area contributed by atoms with Crippen molar-refractivity contribution in [2.24, 2.45) is 0 Å². The smallest absolute Gasteiger partial charge is 0.322 e. The second kappa shape index (κ2) is 7.36. The molecule has 1 fully saturated rings. The van der Waals surface area contributed by atoms with Crippen molar-refractivity contribution in [3.8, 4) is 0 Å². The SMILES string of the molecule is CC1(c2ccc(CNC(=O)C(=O)Nc3cccc4cc[nH]c34)cc2)NC(=O)NC1=O. The zero-order chi connectivity index (χ0) is 21.3. The van der Waals surface area contributed by atoms with Gasteiger partial charge in [0.05, 0.1) is 11.2 Å². The first-order chi connectivity index (χ1) is 14.4. The monoisotopic (exact) mass is 405 g/mol. The summed E-state index contributed by atoms with van der Waals surface area (Å²) in [5, 5.41) is 10.9. The first kappa shape index (κ1) is 19.2. The van der Waals surface area contributed by atoms with Crippen molar-refractivity contribution in [3.63, 3.8) is 0 Å². The Bertz CT molecular complexity index is 1170. The van der Waals surface area contributed by atoms with Crippen LogP contribution in [0.3, 0.4) is 0 Å². The Labute approximate surface area is 171 Å². The molecule has 9 heteroatoms. The molecule has 3 aromatic rings. The molecule has 2 heterocycles. The molecule has 1 unspecified atom stereocenters. The van der Waals surface area contributed by atoms with Gasteiger partial charge in [-0.3, -0.25) is 19.7 Å². The molecule has 0 bridgehead atoms. The lowest BCUT2D eigenvalue weighted by Gasteiger charge is -2.21. The Morgan fingerprint density at radius 2 is 1.77 bits per heavy atom. The van der Waals surface area contributed by atoms with Crippen molar-refractivity contribution < 1.29 is 19.2 Å². The van der Waals surface area contributed by atoms with Gasteiger partial charge in [-0.25, -0.2) is 4.79 Å². The van der Waals surface area contributed by atoms with Crippen LogP contribution >= 0.6 is 0 Å². The van der Waals surface area contributed by atoms with E-state index in [9.17, 15) is 19.2 Å². The third-order valence-corrected chi connectivity index (χ3v) is 5.07. The first-order valence-electron chi connectivity index (χ1n) is 9.25. The summed E-state index contributed by atoms with van der Waals surface area (Å²) < 4.78 is 0. The van der Waals surface area contributed by atoms with E-state index in [1.54, 1.807) is 49.5 Å². The lowest BCUT2D eigenvalue weighted by Crippen LogP contribution is -2.40. The molecule has 1 saturated heterocycles. The quantitative estimate of drug-likeness (QED) is 0.332. The van der Waals surface area contributed by atoms with Gasteiger partial charge >= 0.3 is 17.8 Å². The Kier molecular flexibility index (Phi) is 4.71. The first-order valence-corrected chi connectivity index (χ1v) is 9.25. The van der Waals surface area contributed by atoms with Gasteiger partial charge in [-0.15, -0.1) is 0 Å². The van der Waals surface area contributed by atoms with Crippen molar-refractivity contribution in [2.45, 2.75) is 19.0 Å². The highest BCUT2D eigenvalue weighted by atomic mass is 16.2. The fourth-order valence-corrected chi connectivity index (χ4v) is 3.33. The van der Waals surface area contributed by atoms with Crippen LogP contribution < -0.4 is 21.3 Å². The number of rotatable bonds is 4. The maximum absolute atomic E-state index is 12.2. The largest absolute Gasteiger partial charge is 0.359 e. The second-order valence-corrected chi connectivity index (χ2v) is 7.11. The Morgan fingerprint density at radius 3 is 2.47 bits per heavy atom. The summed E-state index contributed by atoms with van der Waals surface area (Å²) >= 11 is 0. The minimum Gasteiger partial charge on any atom is -0.359 e. The van der Waals surface area contributed by atoms with Gasteiger partial charge in [0.1, 0.15) is 5.54 Å². The number of H-pyrrole nitrogens is 1. The topological polar surface area (TPSA) is 132 Å². The van der Waals surface area contributed by atoms with E-state index in [1.807, 2.05) is 12.1 Å². The highest BCUT2D eigenvalue weighted by molar-refractivity contribution is 6.40. The molecule has 0 aliphatic carbocycles. The maximum atomic E-state index is 12.2. The molecular weight excluding hydrogens is 386 g/mol. The van der Waals surface area contributed by atoms with Gasteiger partial charge < -0.3 is 20.9 Å². The van der Waals surface area contributed by atoms with Gasteiger partial charge in [0.2, 0.25) is 0 Å². The zero-order valence-corrected chi connectivity index (χ0v) is 16.0. The van der Waals surface area contributed by atoms with Gasteiger partial charge in [-0.1, -0.05) is 36.4 Å². The number of amides is 5. The molecule has 0 saturated carbocycles. The number of carbonyl (C=O) groups excluding carboxylic acids is 4. The Balaban J connectivity index is 1.37. The van der Waals surface area contributed by atoms with Crippen molar-refractivity contribution in [2.75, 3.05) is 5.32 Å². The van der Waals surface area contributed by atoms with Crippen LogP contribution in [0.5, 0.6) is 0 Å². The molecule has 4 rings (SSSR count). The Hall–Kier alpha value is -4.14. The van der Waals surface area contributed by atoms with E-state index < -0.39 is 29.3 Å². The van der Waals surface area contributed by atoms with Crippen molar-refractivity contribution in [3.05, 3.63) is 65.9 Å². The summed E-state index contributed by atoms with van der Waals surface area (Å²) in [4.78, 5) is 50.8. The number of para-hydroxylation sites is 1. The fourth-order valence-electron chi connectivity index (χ4n) is 3.33. The van der Waals surface area contributed by atoms with Crippen LogP contribution in [-0.2, 0) is 26.5 Å². The number of nitrogens with one attached hydrogen (secondary N) is 5. The third-order valence-electron chi connectivity index (χ3n) is 5.07. The molecule has 5 N–H and O–H groups in total. The molecule has 1 aromatic heterocycles. The van der Waals surface area contributed by atoms with Crippen LogP contribution in [0, 0.1) is 0 Å². The summed E-state index contributed by atoms with van der Waals surface area (Å²) in [6.07, 6.45) is 1.76. The van der Waals surface area contributed by atoms with E-state index in [0.717, 1.165) is 16.5 Å². The number of fused-ring (bicyclic) bond motifs is 1. The highest BCUT2D eigenvalue weighted by Crippen LogP contribution is 2.24. The van der Waals surface area contributed by atoms with Gasteiger partial charge in [0.15, 0.2) is 0 Å². The number of urea groups is 1. The molecular formula is C21H19N5O4. The number of hydrogen-bond donors (Lipinski definition) is 5. The summed E-state index contributed by atoms with van der Waals surface area (Å²) in [5.41, 5.74) is 1.47. The second-order valence-electron chi connectivity index (χ2n) is 7.11. The van der Waals surface area contributed by atoms with Crippen LogP contribution in [0.15, 0.2) is 54.7 Å². The maximum Gasteiger partial charge on any atom is 0.322 e. The average Bonchev–Trinajstić information content (AvgIpc) is 3.31. The number of aromatic nitrogens is 1. The number of anilines is 1. The van der Waals surface area contributed by atoms with Crippen molar-refractivity contribution in [1.29, 1.82) is 0 Å². The van der Waals surface area contributed by atoms with Crippen molar-refractivity contribution in [1.82, 2.24) is 20.9 Å². The van der Waals surface area contributed by atoms with E-state index in [2.05, 4.69) is 26.3 Å². The predicted molar refractivity (Wildman–Crippen MR) is 109 cm³/mol. The van der Waals surface area contributed by atoms with Crippen LogP contribution in [0.25, 0.3) is 10.9 Å². The van der Waals surface area contributed by atoms with Gasteiger partial charge in [0.25, 0.3) is 5.91 Å². The molecule has 1 aliphatic heterocycles. The van der Waals surface area contributed by atoms with Crippen LogP contribution in [0.2, 0.25) is 0 Å². The minimum absolute atomic E-state index is 0.133. The number of carbonyl (C=O) groups is 4. The molecule has 1 atom stereocenters. The summed E-state index contributed by atoms with van der Waals surface area (Å²) in [6, 6.07) is 13.5. The molecule has 9 nitrogen and oxygen atoms in total. The predicted octanol–water partition coefficient (Wildman–Crippen LogP) is 1.48. The number of aromatic amines is 1. The van der Waals surface area contributed by atoms with Gasteiger partial charge in [0, 0.05) is 18.1 Å². The Morgan fingerprint density at radius 1 is 1.00 bits per heavy atom. The van der Waals surface area contributed by atoms with Crippen LogP contribution in [0.1, 0.15) is 18.1 Å². The highest BCUT2D eigenvalue weighted by Gasteiger charge is 2.43. The summed E-state index contributed by atoms with van der Waals surface area (Å²) in [5.74, 6) is -1.97. The molecule has 30 heavy (non-hydrogen) atoms. The molecule has 1 aliphatic rings. The summed E-state index contributed by atoms with van der Waals surface area (Å²) in [7, 11) is 0. The molecule has 152 valence electrons. The molecule has 5 amide bonds. The van der Waals surface area contributed by atoms with Crippen molar-refractivity contribution >= 4 is 40.3 Å². The minimum atomic E-state index is -1.14.